The van der Waals surface area contributed by atoms with E-state index in [-0.39, 0.29) is 29.5 Å². The van der Waals surface area contributed by atoms with Gasteiger partial charge in [0.2, 0.25) is 5.78 Å². The van der Waals surface area contributed by atoms with E-state index in [9.17, 15) is 19.2 Å². The predicted octanol–water partition coefficient (Wildman–Crippen LogP) is 1.57. The van der Waals surface area contributed by atoms with Gasteiger partial charge in [0.1, 0.15) is 5.75 Å². The summed E-state index contributed by atoms with van der Waals surface area (Å²) in [5.74, 6) is -2.01. The van der Waals surface area contributed by atoms with Gasteiger partial charge in [-0.15, -0.1) is 0 Å². The van der Waals surface area contributed by atoms with E-state index in [2.05, 4.69) is 4.74 Å². The Morgan fingerprint density at radius 2 is 1.70 bits per heavy atom. The molecule has 0 spiro atoms. The number of Topliss-reactive ketones (excluding diaryl/α,β-unsaturated/α-hetero) is 1. The smallest absolute Gasteiger partial charge is 0.344 e. The van der Waals surface area contributed by atoms with Gasteiger partial charge in [-0.05, 0) is 32.0 Å². The highest BCUT2D eigenvalue weighted by atomic mass is 16.6. The van der Waals surface area contributed by atoms with Crippen LogP contribution in [0.25, 0.3) is 0 Å². The van der Waals surface area contributed by atoms with Crippen LogP contribution in [0.3, 0.4) is 0 Å². The summed E-state index contributed by atoms with van der Waals surface area (Å²) in [6, 6.07) is 7.91. The van der Waals surface area contributed by atoms with Crippen LogP contribution in [0.15, 0.2) is 30.3 Å². The van der Waals surface area contributed by atoms with Crippen LogP contribution < -0.4 is 10.5 Å². The van der Waals surface area contributed by atoms with Gasteiger partial charge in [0.25, 0.3) is 5.91 Å². The molecule has 0 saturated heterocycles. The number of esters is 2. The molecule has 0 bridgehead atoms. The topological polar surface area (TPSA) is 127 Å². The minimum Gasteiger partial charge on any atom is -0.481 e. The third-order valence-corrected chi connectivity index (χ3v) is 4.50. The van der Waals surface area contributed by atoms with E-state index >= 15 is 0 Å². The van der Waals surface area contributed by atoms with Gasteiger partial charge < -0.3 is 24.5 Å². The van der Waals surface area contributed by atoms with Crippen molar-refractivity contribution in [3.05, 3.63) is 52.8 Å². The molecule has 0 atom stereocenters. The molecule has 0 aliphatic carbocycles. The second-order valence-corrected chi connectivity index (χ2v) is 6.50. The lowest BCUT2D eigenvalue weighted by Crippen LogP contribution is -2.21. The average molecular weight is 416 g/mol. The normalized spacial score (nSPS) is 10.4. The molecule has 2 N–H and O–H groups in total. The Hall–Kier alpha value is -3.62. The first-order chi connectivity index (χ1) is 14.2. The van der Waals surface area contributed by atoms with Crippen LogP contribution in [0.1, 0.15) is 38.5 Å². The van der Waals surface area contributed by atoms with Crippen LogP contribution >= 0.6 is 0 Å². The largest absolute Gasteiger partial charge is 0.481 e. The number of ketones is 1. The van der Waals surface area contributed by atoms with Crippen molar-refractivity contribution in [2.75, 3.05) is 20.3 Å². The number of carbonyl (C=O) groups excluding carboxylic acids is 4. The number of nitrogens with two attached hydrogens (primary N) is 1. The Kier molecular flexibility index (Phi) is 7.74. The molecule has 0 unspecified atom stereocenters. The van der Waals surface area contributed by atoms with Gasteiger partial charge in [-0.25, -0.2) is 4.79 Å². The summed E-state index contributed by atoms with van der Waals surface area (Å²) in [6.07, 6.45) is 0.180. The number of carbonyl (C=O) groups is 4. The van der Waals surface area contributed by atoms with Crippen LogP contribution in [0.4, 0.5) is 0 Å². The second-order valence-electron chi connectivity index (χ2n) is 6.50. The highest BCUT2D eigenvalue weighted by molar-refractivity contribution is 5.99. The highest BCUT2D eigenvalue weighted by Crippen LogP contribution is 2.18. The van der Waals surface area contributed by atoms with Gasteiger partial charge in [-0.2, -0.15) is 0 Å². The maximum atomic E-state index is 12.5. The molecule has 160 valence electrons. The fourth-order valence-corrected chi connectivity index (χ4v) is 2.93. The lowest BCUT2D eigenvalue weighted by atomic mass is 10.1. The molecule has 0 saturated carbocycles. The maximum absolute atomic E-state index is 12.5. The Bertz CT molecular complexity index is 962. The summed E-state index contributed by atoms with van der Waals surface area (Å²) in [7, 11) is 1.32. The van der Waals surface area contributed by atoms with Gasteiger partial charge in [0.05, 0.1) is 19.1 Å². The molecule has 9 nitrogen and oxygen atoms in total. The Labute approximate surface area is 173 Å². The molecule has 2 rings (SSSR count). The predicted molar refractivity (Wildman–Crippen MR) is 106 cm³/mol. The fourth-order valence-electron chi connectivity index (χ4n) is 2.93. The standard InChI is InChI=1S/C21H24N2O7/c1-13-10-16(14(2)23(13)9-8-19(25)28-3)17(24)11-30-20(26)12-29-18-7-5-4-6-15(18)21(22)27/h4-7,10H,8-9,11-12H2,1-3H3,(H2,22,27). The number of rotatable bonds is 10. The van der Waals surface area contributed by atoms with Crippen LogP contribution in [-0.2, 0) is 25.6 Å². The van der Waals surface area contributed by atoms with Crippen molar-refractivity contribution in [1.82, 2.24) is 4.57 Å². The average Bonchev–Trinajstić information content (AvgIpc) is 3.02. The number of hydrogen-bond acceptors (Lipinski definition) is 7. The summed E-state index contributed by atoms with van der Waals surface area (Å²) >= 11 is 0. The SMILES string of the molecule is COC(=O)CCn1c(C)cc(C(=O)COC(=O)COc2ccccc2C(N)=O)c1C. The van der Waals surface area contributed by atoms with Crippen LogP contribution in [0.2, 0.25) is 0 Å². The molecule has 1 aromatic carbocycles. The molecule has 0 fully saturated rings. The van der Waals surface area contributed by atoms with Crippen molar-refractivity contribution in [3.63, 3.8) is 0 Å². The summed E-state index contributed by atoms with van der Waals surface area (Å²) in [4.78, 5) is 47.1. The van der Waals surface area contributed by atoms with Gasteiger partial charge in [0.15, 0.2) is 13.2 Å². The zero-order valence-corrected chi connectivity index (χ0v) is 17.1. The first-order valence-corrected chi connectivity index (χ1v) is 9.18. The van der Waals surface area contributed by atoms with Crippen molar-refractivity contribution >= 4 is 23.6 Å². The second kappa shape index (κ2) is 10.2. The number of ether oxygens (including phenoxy) is 3. The lowest BCUT2D eigenvalue weighted by molar-refractivity contribution is -0.145. The highest BCUT2D eigenvalue weighted by Gasteiger charge is 2.18. The Morgan fingerprint density at radius 3 is 2.37 bits per heavy atom. The van der Waals surface area contributed by atoms with Crippen molar-refractivity contribution < 1.29 is 33.4 Å². The number of amides is 1. The molecule has 1 aromatic heterocycles. The molecular weight excluding hydrogens is 392 g/mol. The number of primary amides is 1. The van der Waals surface area contributed by atoms with Crippen LogP contribution in [-0.4, -0.2) is 48.5 Å². The number of benzene rings is 1. The minimum absolute atomic E-state index is 0.140. The van der Waals surface area contributed by atoms with Crippen molar-refractivity contribution in [1.29, 1.82) is 0 Å². The number of aryl methyl sites for hydroxylation is 1. The number of nitrogens with zero attached hydrogens (tertiary/aromatic N) is 1. The fraction of sp³-hybridized carbons (Fsp3) is 0.333. The van der Waals surface area contributed by atoms with Crippen molar-refractivity contribution in [3.8, 4) is 5.75 Å². The molecule has 1 heterocycles. The molecule has 0 aliphatic rings. The Morgan fingerprint density at radius 1 is 1.00 bits per heavy atom. The van der Waals surface area contributed by atoms with Gasteiger partial charge in [-0.3, -0.25) is 14.4 Å². The van der Waals surface area contributed by atoms with E-state index in [4.69, 9.17) is 15.2 Å². The van der Waals surface area contributed by atoms with E-state index in [1.807, 2.05) is 11.5 Å². The maximum Gasteiger partial charge on any atom is 0.344 e. The number of aromatic nitrogens is 1. The first kappa shape index (κ1) is 22.7. The zero-order chi connectivity index (χ0) is 22.3. The van der Waals surface area contributed by atoms with Crippen LogP contribution in [0.5, 0.6) is 5.75 Å². The molecule has 0 radical (unpaired) electrons. The minimum atomic E-state index is -0.762. The summed E-state index contributed by atoms with van der Waals surface area (Å²) in [5, 5.41) is 0. The third kappa shape index (κ3) is 5.69. The number of methoxy groups -OCH3 is 1. The van der Waals surface area contributed by atoms with Gasteiger partial charge in [-0.1, -0.05) is 12.1 Å². The molecule has 1 amide bonds. The van der Waals surface area contributed by atoms with E-state index < -0.39 is 25.1 Å². The Balaban J connectivity index is 1.92. The van der Waals surface area contributed by atoms with Gasteiger partial charge >= 0.3 is 11.9 Å². The molecular formula is C21H24N2O7. The van der Waals surface area contributed by atoms with Gasteiger partial charge in [0, 0.05) is 23.5 Å². The van der Waals surface area contributed by atoms with E-state index in [1.54, 1.807) is 25.1 Å². The molecule has 2 aromatic rings. The van der Waals surface area contributed by atoms with Crippen molar-refractivity contribution in [2.24, 2.45) is 5.73 Å². The van der Waals surface area contributed by atoms with E-state index in [1.165, 1.54) is 19.2 Å². The number of para-hydroxylation sites is 1. The molecule has 9 heteroatoms. The van der Waals surface area contributed by atoms with Crippen molar-refractivity contribution in [2.45, 2.75) is 26.8 Å². The lowest BCUT2D eigenvalue weighted by Gasteiger charge is -2.10. The summed E-state index contributed by atoms with van der Waals surface area (Å²) in [5.41, 5.74) is 7.27. The summed E-state index contributed by atoms with van der Waals surface area (Å²) < 4.78 is 16.7. The zero-order valence-electron chi connectivity index (χ0n) is 17.1. The summed E-state index contributed by atoms with van der Waals surface area (Å²) in [6.45, 7) is 3.02. The molecule has 0 aliphatic heterocycles. The first-order valence-electron chi connectivity index (χ1n) is 9.18. The molecule has 30 heavy (non-hydrogen) atoms. The van der Waals surface area contributed by atoms with Crippen LogP contribution in [0, 0.1) is 13.8 Å². The third-order valence-electron chi connectivity index (χ3n) is 4.50. The van der Waals surface area contributed by atoms with E-state index in [0.717, 1.165) is 5.69 Å². The quantitative estimate of drug-likeness (QED) is 0.460. The van der Waals surface area contributed by atoms with E-state index in [0.29, 0.717) is 17.8 Å². The monoisotopic (exact) mass is 416 g/mol. The number of hydrogen-bond donors (Lipinski definition) is 1.